The molecule has 0 aliphatic carbocycles. The zero-order valence-electron chi connectivity index (χ0n) is 9.29. The molecule has 0 saturated heterocycles. The number of halogens is 1. The standard InChI is InChI=1S/C12H14ClNOS/c1-3-10-8(4-6-15-10)11(14-2)12-9(13)5-7-16-12/h4-7,11,14H,3H2,1-2H3. The first-order valence-corrected chi connectivity index (χ1v) is 6.50. The van der Waals surface area contributed by atoms with Crippen molar-refractivity contribution in [1.29, 1.82) is 0 Å². The quantitative estimate of drug-likeness (QED) is 0.897. The Kier molecular flexibility index (Phi) is 3.69. The molecule has 0 spiro atoms. The van der Waals surface area contributed by atoms with Crippen LogP contribution in [-0.2, 0) is 6.42 Å². The first-order valence-electron chi connectivity index (χ1n) is 5.24. The van der Waals surface area contributed by atoms with E-state index in [2.05, 4.69) is 12.2 Å². The Morgan fingerprint density at radius 2 is 2.31 bits per heavy atom. The number of hydrogen-bond donors (Lipinski definition) is 1. The van der Waals surface area contributed by atoms with Crippen LogP contribution < -0.4 is 5.32 Å². The molecule has 2 rings (SSSR count). The molecule has 0 amide bonds. The molecule has 4 heteroatoms. The average Bonchev–Trinajstić information content (AvgIpc) is 2.90. The third-order valence-corrected chi connectivity index (χ3v) is 4.03. The second-order valence-electron chi connectivity index (χ2n) is 3.51. The Labute approximate surface area is 104 Å². The summed E-state index contributed by atoms with van der Waals surface area (Å²) in [5.41, 5.74) is 1.18. The minimum absolute atomic E-state index is 0.126. The van der Waals surface area contributed by atoms with Crippen LogP contribution in [0.2, 0.25) is 5.02 Å². The molecule has 0 aliphatic heterocycles. The molecule has 0 radical (unpaired) electrons. The highest BCUT2D eigenvalue weighted by Gasteiger charge is 2.20. The molecule has 2 nitrogen and oxygen atoms in total. The molecule has 1 N–H and O–H groups in total. The van der Waals surface area contributed by atoms with Crippen LogP contribution in [0.15, 0.2) is 28.2 Å². The van der Waals surface area contributed by atoms with Gasteiger partial charge in [0.15, 0.2) is 0 Å². The lowest BCUT2D eigenvalue weighted by molar-refractivity contribution is 0.505. The highest BCUT2D eigenvalue weighted by atomic mass is 35.5. The molecule has 0 bridgehead atoms. The molecule has 2 aromatic heterocycles. The van der Waals surface area contributed by atoms with Crippen molar-refractivity contribution in [3.05, 3.63) is 45.0 Å². The minimum atomic E-state index is 0.126. The molecule has 0 aromatic carbocycles. The van der Waals surface area contributed by atoms with Gasteiger partial charge >= 0.3 is 0 Å². The van der Waals surface area contributed by atoms with Gasteiger partial charge in [0.25, 0.3) is 0 Å². The summed E-state index contributed by atoms with van der Waals surface area (Å²) < 4.78 is 5.46. The number of aryl methyl sites for hydroxylation is 1. The molecule has 1 atom stereocenters. The predicted molar refractivity (Wildman–Crippen MR) is 68.3 cm³/mol. The lowest BCUT2D eigenvalue weighted by atomic mass is 10.1. The average molecular weight is 256 g/mol. The third-order valence-electron chi connectivity index (χ3n) is 2.61. The van der Waals surface area contributed by atoms with Gasteiger partial charge in [-0.1, -0.05) is 18.5 Å². The SMILES string of the molecule is CCc1occc1C(NC)c1sccc1Cl. The maximum Gasteiger partial charge on any atom is 0.108 e. The molecule has 0 saturated carbocycles. The predicted octanol–water partition coefficient (Wildman–Crippen LogP) is 3.87. The van der Waals surface area contributed by atoms with Crippen molar-refractivity contribution >= 4 is 22.9 Å². The van der Waals surface area contributed by atoms with Gasteiger partial charge in [-0.25, -0.2) is 0 Å². The summed E-state index contributed by atoms with van der Waals surface area (Å²) >= 11 is 7.83. The summed E-state index contributed by atoms with van der Waals surface area (Å²) in [6.07, 6.45) is 2.63. The first-order chi connectivity index (χ1) is 7.77. The molecular weight excluding hydrogens is 242 g/mol. The van der Waals surface area contributed by atoms with Gasteiger partial charge in [0.05, 0.1) is 17.3 Å². The number of thiophene rings is 1. The van der Waals surface area contributed by atoms with Crippen molar-refractivity contribution in [3.8, 4) is 0 Å². The fourth-order valence-electron chi connectivity index (χ4n) is 1.83. The Morgan fingerprint density at radius 3 is 2.88 bits per heavy atom. The van der Waals surface area contributed by atoms with Crippen LogP contribution in [-0.4, -0.2) is 7.05 Å². The second kappa shape index (κ2) is 5.04. The third kappa shape index (κ3) is 2.03. The van der Waals surface area contributed by atoms with E-state index in [4.69, 9.17) is 16.0 Å². The fraction of sp³-hybridized carbons (Fsp3) is 0.333. The lowest BCUT2D eigenvalue weighted by Gasteiger charge is -2.15. The van der Waals surface area contributed by atoms with Crippen molar-refractivity contribution in [2.45, 2.75) is 19.4 Å². The van der Waals surface area contributed by atoms with Gasteiger partial charge in [0, 0.05) is 16.9 Å². The number of furan rings is 1. The van der Waals surface area contributed by atoms with Gasteiger partial charge in [0.2, 0.25) is 0 Å². The highest BCUT2D eigenvalue weighted by Crippen LogP contribution is 2.34. The molecule has 0 fully saturated rings. The van der Waals surface area contributed by atoms with E-state index in [0.717, 1.165) is 22.1 Å². The maximum atomic E-state index is 6.17. The van der Waals surface area contributed by atoms with Crippen molar-refractivity contribution in [2.75, 3.05) is 7.05 Å². The molecule has 16 heavy (non-hydrogen) atoms. The van der Waals surface area contributed by atoms with Crippen LogP contribution in [0.4, 0.5) is 0 Å². The summed E-state index contributed by atoms with van der Waals surface area (Å²) in [6, 6.07) is 4.06. The van der Waals surface area contributed by atoms with Crippen LogP contribution in [0.25, 0.3) is 0 Å². The van der Waals surface area contributed by atoms with Crippen LogP contribution in [0, 0.1) is 0 Å². The van der Waals surface area contributed by atoms with E-state index in [1.807, 2.05) is 24.6 Å². The summed E-state index contributed by atoms with van der Waals surface area (Å²) in [7, 11) is 1.94. The van der Waals surface area contributed by atoms with E-state index >= 15 is 0 Å². The van der Waals surface area contributed by atoms with Gasteiger partial charge in [-0.2, -0.15) is 0 Å². The van der Waals surface area contributed by atoms with Crippen LogP contribution in [0.3, 0.4) is 0 Å². The Morgan fingerprint density at radius 1 is 1.50 bits per heavy atom. The van der Waals surface area contributed by atoms with Crippen LogP contribution in [0.5, 0.6) is 0 Å². The second-order valence-corrected chi connectivity index (χ2v) is 4.86. The van der Waals surface area contributed by atoms with Crippen molar-refractivity contribution in [3.63, 3.8) is 0 Å². The maximum absolute atomic E-state index is 6.17. The monoisotopic (exact) mass is 255 g/mol. The Hall–Kier alpha value is -0.770. The van der Waals surface area contributed by atoms with Gasteiger partial charge < -0.3 is 9.73 Å². The molecule has 2 aromatic rings. The van der Waals surface area contributed by atoms with E-state index in [9.17, 15) is 0 Å². The van der Waals surface area contributed by atoms with Crippen LogP contribution >= 0.6 is 22.9 Å². The van der Waals surface area contributed by atoms with E-state index in [1.54, 1.807) is 17.6 Å². The van der Waals surface area contributed by atoms with E-state index in [0.29, 0.717) is 0 Å². The van der Waals surface area contributed by atoms with Gasteiger partial charge in [-0.15, -0.1) is 11.3 Å². The summed E-state index contributed by atoms with van der Waals surface area (Å²) in [4.78, 5) is 1.14. The zero-order valence-corrected chi connectivity index (χ0v) is 10.9. The molecule has 1 unspecified atom stereocenters. The highest BCUT2D eigenvalue weighted by molar-refractivity contribution is 7.10. The molecular formula is C12H14ClNOS. The van der Waals surface area contributed by atoms with Gasteiger partial charge in [0.1, 0.15) is 5.76 Å². The summed E-state index contributed by atoms with van der Waals surface area (Å²) in [5.74, 6) is 1.02. The van der Waals surface area contributed by atoms with Gasteiger partial charge in [-0.3, -0.25) is 0 Å². The zero-order chi connectivity index (χ0) is 11.5. The molecule has 2 heterocycles. The van der Waals surface area contributed by atoms with Crippen molar-refractivity contribution in [1.82, 2.24) is 5.32 Å². The largest absolute Gasteiger partial charge is 0.469 e. The van der Waals surface area contributed by atoms with Crippen LogP contribution in [0.1, 0.15) is 29.2 Å². The smallest absolute Gasteiger partial charge is 0.108 e. The van der Waals surface area contributed by atoms with E-state index in [-0.39, 0.29) is 6.04 Å². The topological polar surface area (TPSA) is 25.2 Å². The summed E-state index contributed by atoms with van der Waals surface area (Å²) in [6.45, 7) is 2.09. The Balaban J connectivity index is 2.40. The van der Waals surface area contributed by atoms with E-state index < -0.39 is 0 Å². The summed E-state index contributed by atoms with van der Waals surface area (Å²) in [5, 5.41) is 6.11. The van der Waals surface area contributed by atoms with Crippen molar-refractivity contribution < 1.29 is 4.42 Å². The molecule has 0 aliphatic rings. The number of hydrogen-bond acceptors (Lipinski definition) is 3. The lowest BCUT2D eigenvalue weighted by Crippen LogP contribution is -2.17. The minimum Gasteiger partial charge on any atom is -0.469 e. The van der Waals surface area contributed by atoms with Crippen molar-refractivity contribution in [2.24, 2.45) is 0 Å². The Bertz CT molecular complexity index is 463. The fourth-order valence-corrected chi connectivity index (χ4v) is 3.13. The first kappa shape index (κ1) is 11.7. The number of nitrogens with one attached hydrogen (secondary N) is 1. The van der Waals surface area contributed by atoms with Gasteiger partial charge in [-0.05, 0) is 24.6 Å². The molecule has 86 valence electrons. The number of rotatable bonds is 4. The van der Waals surface area contributed by atoms with E-state index in [1.165, 1.54) is 5.56 Å². The normalized spacial score (nSPS) is 12.9.